The zero-order valence-electron chi connectivity index (χ0n) is 11.6. The van der Waals surface area contributed by atoms with Crippen LogP contribution in [-0.4, -0.2) is 48.6 Å². The summed E-state index contributed by atoms with van der Waals surface area (Å²) in [5.74, 6) is -0.319. The van der Waals surface area contributed by atoms with E-state index in [4.69, 9.17) is 4.74 Å². The highest BCUT2D eigenvalue weighted by Gasteiger charge is 2.21. The number of piperazine rings is 1. The molecular formula is C15H20FN2O2. The number of ether oxygens (including phenoxy) is 1. The lowest BCUT2D eigenvalue weighted by Crippen LogP contribution is -2.48. The van der Waals surface area contributed by atoms with Gasteiger partial charge in [-0.1, -0.05) is 19.1 Å². The van der Waals surface area contributed by atoms with Gasteiger partial charge in [-0.3, -0.25) is 4.90 Å². The lowest BCUT2D eigenvalue weighted by molar-refractivity contribution is 0.0720. The van der Waals surface area contributed by atoms with E-state index in [0.29, 0.717) is 18.7 Å². The maximum atomic E-state index is 13.0. The Hall–Kier alpha value is -1.62. The molecule has 1 amide bonds. The van der Waals surface area contributed by atoms with Crippen molar-refractivity contribution < 1.29 is 13.9 Å². The van der Waals surface area contributed by atoms with Crippen LogP contribution in [0.15, 0.2) is 24.3 Å². The van der Waals surface area contributed by atoms with Gasteiger partial charge in [-0.15, -0.1) is 0 Å². The molecule has 1 radical (unpaired) electrons. The molecule has 5 heteroatoms. The average Bonchev–Trinajstić information content (AvgIpc) is 2.46. The minimum atomic E-state index is -0.330. The second-order valence-electron chi connectivity index (χ2n) is 4.87. The van der Waals surface area contributed by atoms with Gasteiger partial charge in [-0.25, -0.2) is 9.18 Å². The Morgan fingerprint density at radius 1 is 1.30 bits per heavy atom. The number of hydrogen-bond acceptors (Lipinski definition) is 3. The van der Waals surface area contributed by atoms with Gasteiger partial charge < -0.3 is 9.64 Å². The van der Waals surface area contributed by atoms with E-state index in [-0.39, 0.29) is 18.5 Å². The van der Waals surface area contributed by atoms with E-state index >= 15 is 0 Å². The molecule has 1 aliphatic heterocycles. The molecular weight excluding hydrogens is 259 g/mol. The van der Waals surface area contributed by atoms with Crippen LogP contribution in [0, 0.1) is 12.7 Å². The van der Waals surface area contributed by atoms with E-state index in [1.165, 1.54) is 12.1 Å². The topological polar surface area (TPSA) is 32.8 Å². The molecule has 0 aromatic heterocycles. The SMILES string of the molecule is [CH2]CCN1CCN(C(=O)OCc2cccc(F)c2)CC1. The van der Waals surface area contributed by atoms with Crippen LogP contribution in [0.3, 0.4) is 0 Å². The normalized spacial score (nSPS) is 16.2. The summed E-state index contributed by atoms with van der Waals surface area (Å²) in [7, 11) is 0. The lowest BCUT2D eigenvalue weighted by atomic mass is 10.2. The molecule has 4 nitrogen and oxygen atoms in total. The van der Waals surface area contributed by atoms with Crippen LogP contribution in [0.1, 0.15) is 12.0 Å². The van der Waals surface area contributed by atoms with E-state index in [9.17, 15) is 9.18 Å². The third-order valence-electron chi connectivity index (χ3n) is 3.36. The van der Waals surface area contributed by atoms with Crippen LogP contribution in [0.25, 0.3) is 0 Å². The maximum Gasteiger partial charge on any atom is 0.410 e. The van der Waals surface area contributed by atoms with E-state index < -0.39 is 0 Å². The number of rotatable bonds is 4. The highest BCUT2D eigenvalue weighted by molar-refractivity contribution is 5.67. The number of carbonyl (C=O) groups is 1. The van der Waals surface area contributed by atoms with Crippen molar-refractivity contribution in [1.29, 1.82) is 0 Å². The molecule has 1 fully saturated rings. The fourth-order valence-corrected chi connectivity index (χ4v) is 2.24. The fourth-order valence-electron chi connectivity index (χ4n) is 2.24. The number of nitrogens with zero attached hydrogens (tertiary/aromatic N) is 2. The number of amides is 1. The van der Waals surface area contributed by atoms with Crippen molar-refractivity contribution in [3.8, 4) is 0 Å². The van der Waals surface area contributed by atoms with Crippen molar-refractivity contribution in [2.24, 2.45) is 0 Å². The molecule has 1 saturated heterocycles. The first-order chi connectivity index (χ1) is 9.69. The smallest absolute Gasteiger partial charge is 0.410 e. The van der Waals surface area contributed by atoms with E-state index in [0.717, 1.165) is 26.1 Å². The Morgan fingerprint density at radius 2 is 2.05 bits per heavy atom. The summed E-state index contributed by atoms with van der Waals surface area (Å²) in [6.45, 7) is 7.94. The monoisotopic (exact) mass is 279 g/mol. The van der Waals surface area contributed by atoms with Crippen LogP contribution in [0.4, 0.5) is 9.18 Å². The molecule has 109 valence electrons. The Kier molecular flexibility index (Phi) is 5.35. The van der Waals surface area contributed by atoms with Gasteiger partial charge in [0.05, 0.1) is 0 Å². The van der Waals surface area contributed by atoms with Gasteiger partial charge in [0.2, 0.25) is 0 Å². The molecule has 0 saturated carbocycles. The fraction of sp³-hybridized carbons (Fsp3) is 0.467. The van der Waals surface area contributed by atoms with Crippen molar-refractivity contribution in [3.63, 3.8) is 0 Å². The number of hydrogen-bond donors (Lipinski definition) is 0. The van der Waals surface area contributed by atoms with Gasteiger partial charge in [-0.05, 0) is 30.7 Å². The Morgan fingerprint density at radius 3 is 2.70 bits per heavy atom. The molecule has 1 heterocycles. The summed E-state index contributed by atoms with van der Waals surface area (Å²) >= 11 is 0. The number of halogens is 1. The first kappa shape index (κ1) is 14.8. The zero-order chi connectivity index (χ0) is 14.4. The molecule has 0 N–H and O–H groups in total. The Labute approximate surface area is 119 Å². The summed E-state index contributed by atoms with van der Waals surface area (Å²) in [5.41, 5.74) is 0.661. The molecule has 1 aromatic carbocycles. The summed E-state index contributed by atoms with van der Waals surface area (Å²) in [6, 6.07) is 6.09. The van der Waals surface area contributed by atoms with Gasteiger partial charge in [0.25, 0.3) is 0 Å². The quantitative estimate of drug-likeness (QED) is 0.848. The van der Waals surface area contributed by atoms with Gasteiger partial charge in [0, 0.05) is 26.2 Å². The summed E-state index contributed by atoms with van der Waals surface area (Å²) in [5, 5.41) is 0. The molecule has 0 aliphatic carbocycles. The minimum absolute atomic E-state index is 0.107. The zero-order valence-corrected chi connectivity index (χ0v) is 11.6. The Bertz CT molecular complexity index is 445. The maximum absolute atomic E-state index is 13.0. The predicted octanol–water partition coefficient (Wildman–Crippen LogP) is 2.30. The third kappa shape index (κ3) is 4.20. The van der Waals surface area contributed by atoms with Crippen molar-refractivity contribution in [1.82, 2.24) is 9.80 Å². The molecule has 0 spiro atoms. The van der Waals surface area contributed by atoms with Gasteiger partial charge in [0.15, 0.2) is 0 Å². The molecule has 0 atom stereocenters. The second kappa shape index (κ2) is 7.24. The highest BCUT2D eigenvalue weighted by Crippen LogP contribution is 2.08. The predicted molar refractivity (Wildman–Crippen MR) is 74.6 cm³/mol. The lowest BCUT2D eigenvalue weighted by Gasteiger charge is -2.33. The van der Waals surface area contributed by atoms with Crippen molar-refractivity contribution in [2.75, 3.05) is 32.7 Å². The van der Waals surface area contributed by atoms with Crippen LogP contribution in [0.2, 0.25) is 0 Å². The number of benzene rings is 1. The molecule has 2 rings (SSSR count). The van der Waals surface area contributed by atoms with Crippen LogP contribution in [0.5, 0.6) is 0 Å². The standard InChI is InChI=1S/C15H20FN2O2/c1-2-6-17-7-9-18(10-8-17)15(19)20-12-13-4-3-5-14(16)11-13/h3-5,11H,1-2,6-10,12H2. The Balaban J connectivity index is 1.76. The summed E-state index contributed by atoms with van der Waals surface area (Å²) in [4.78, 5) is 15.9. The van der Waals surface area contributed by atoms with Gasteiger partial charge >= 0.3 is 6.09 Å². The molecule has 0 bridgehead atoms. The van der Waals surface area contributed by atoms with Crippen LogP contribution in [-0.2, 0) is 11.3 Å². The second-order valence-corrected chi connectivity index (χ2v) is 4.87. The van der Waals surface area contributed by atoms with E-state index in [2.05, 4.69) is 11.8 Å². The third-order valence-corrected chi connectivity index (χ3v) is 3.36. The summed E-state index contributed by atoms with van der Waals surface area (Å²) < 4.78 is 18.2. The van der Waals surface area contributed by atoms with E-state index in [1.54, 1.807) is 17.0 Å². The first-order valence-corrected chi connectivity index (χ1v) is 6.87. The van der Waals surface area contributed by atoms with Crippen molar-refractivity contribution in [3.05, 3.63) is 42.6 Å². The highest BCUT2D eigenvalue weighted by atomic mass is 19.1. The van der Waals surface area contributed by atoms with Crippen molar-refractivity contribution in [2.45, 2.75) is 13.0 Å². The van der Waals surface area contributed by atoms with Crippen molar-refractivity contribution >= 4 is 6.09 Å². The number of carbonyl (C=O) groups excluding carboxylic acids is 1. The largest absolute Gasteiger partial charge is 0.445 e. The van der Waals surface area contributed by atoms with Gasteiger partial charge in [0.1, 0.15) is 12.4 Å². The molecule has 0 unspecified atom stereocenters. The van der Waals surface area contributed by atoms with Crippen LogP contribution < -0.4 is 0 Å². The molecule has 1 aliphatic rings. The average molecular weight is 279 g/mol. The van der Waals surface area contributed by atoms with Crippen LogP contribution >= 0.6 is 0 Å². The van der Waals surface area contributed by atoms with E-state index in [1.807, 2.05) is 0 Å². The minimum Gasteiger partial charge on any atom is -0.445 e. The summed E-state index contributed by atoms with van der Waals surface area (Å²) in [6.07, 6.45) is 0.549. The first-order valence-electron chi connectivity index (χ1n) is 6.87. The molecule has 20 heavy (non-hydrogen) atoms. The molecule has 1 aromatic rings. The van der Waals surface area contributed by atoms with Gasteiger partial charge in [-0.2, -0.15) is 0 Å².